The summed E-state index contributed by atoms with van der Waals surface area (Å²) in [5.74, 6) is 0.862. The summed E-state index contributed by atoms with van der Waals surface area (Å²) in [5.41, 5.74) is 2.12. The molecule has 0 aliphatic rings. The van der Waals surface area contributed by atoms with Crippen molar-refractivity contribution in [2.24, 2.45) is 0 Å². The lowest BCUT2D eigenvalue weighted by Gasteiger charge is -2.07. The highest BCUT2D eigenvalue weighted by atomic mass is 79.9. The Balaban J connectivity index is 1.80. The van der Waals surface area contributed by atoms with Gasteiger partial charge < -0.3 is 4.74 Å². The van der Waals surface area contributed by atoms with Gasteiger partial charge in [-0.25, -0.2) is 4.98 Å². The summed E-state index contributed by atoms with van der Waals surface area (Å²) in [6.07, 6.45) is 0. The van der Waals surface area contributed by atoms with E-state index in [1.165, 1.54) is 0 Å². The maximum absolute atomic E-state index is 5.79. The predicted molar refractivity (Wildman–Crippen MR) is 80.2 cm³/mol. The fraction of sp³-hybridized carbons (Fsp3) is 0.0625. The normalized spacial score (nSPS) is 10.6. The molecule has 0 atom stereocenters. The summed E-state index contributed by atoms with van der Waals surface area (Å²) in [5, 5.41) is 1.08. The Hall–Kier alpha value is -1.87. The SMILES string of the molecule is Brc1ccc2cc(OCc3ccccc3)ccc2n1. The van der Waals surface area contributed by atoms with Gasteiger partial charge in [0.1, 0.15) is 17.0 Å². The number of hydrogen-bond acceptors (Lipinski definition) is 2. The Bertz CT molecular complexity index is 697. The van der Waals surface area contributed by atoms with E-state index in [1.807, 2.05) is 48.5 Å². The molecule has 0 aliphatic heterocycles. The predicted octanol–water partition coefficient (Wildman–Crippen LogP) is 4.58. The van der Waals surface area contributed by atoms with Crippen molar-refractivity contribution in [2.75, 3.05) is 0 Å². The van der Waals surface area contributed by atoms with Gasteiger partial charge in [0.25, 0.3) is 0 Å². The average Bonchev–Trinajstić information content (AvgIpc) is 2.46. The number of benzene rings is 2. The second-order valence-electron chi connectivity index (χ2n) is 4.26. The Morgan fingerprint density at radius 1 is 0.947 bits per heavy atom. The van der Waals surface area contributed by atoms with Gasteiger partial charge >= 0.3 is 0 Å². The first kappa shape index (κ1) is 12.2. The molecule has 0 N–H and O–H groups in total. The van der Waals surface area contributed by atoms with Gasteiger partial charge in [0.05, 0.1) is 5.52 Å². The third-order valence-corrected chi connectivity index (χ3v) is 3.32. The van der Waals surface area contributed by atoms with Gasteiger partial charge in [0.15, 0.2) is 0 Å². The van der Waals surface area contributed by atoms with Crippen LogP contribution < -0.4 is 4.74 Å². The standard InChI is InChI=1S/C16H12BrNO/c17-16-9-6-13-10-14(7-8-15(13)18-16)19-11-12-4-2-1-3-5-12/h1-10H,11H2. The monoisotopic (exact) mass is 313 g/mol. The molecule has 3 rings (SSSR count). The van der Waals surface area contributed by atoms with E-state index in [0.717, 1.165) is 26.8 Å². The topological polar surface area (TPSA) is 22.1 Å². The van der Waals surface area contributed by atoms with Crippen LogP contribution in [0.25, 0.3) is 10.9 Å². The fourth-order valence-corrected chi connectivity index (χ4v) is 2.23. The second kappa shape index (κ2) is 5.41. The van der Waals surface area contributed by atoms with Crippen molar-refractivity contribution in [1.82, 2.24) is 4.98 Å². The molecule has 0 spiro atoms. The molecule has 0 aliphatic carbocycles. The molecule has 1 aromatic heterocycles. The lowest BCUT2D eigenvalue weighted by molar-refractivity contribution is 0.306. The first-order valence-corrected chi connectivity index (χ1v) is 6.83. The number of ether oxygens (including phenoxy) is 1. The van der Waals surface area contributed by atoms with E-state index >= 15 is 0 Å². The molecule has 0 bridgehead atoms. The third kappa shape index (κ3) is 2.93. The van der Waals surface area contributed by atoms with Crippen LogP contribution in [0.5, 0.6) is 5.75 Å². The summed E-state index contributed by atoms with van der Waals surface area (Å²) >= 11 is 3.37. The first-order chi connectivity index (χ1) is 9.31. The van der Waals surface area contributed by atoms with E-state index in [-0.39, 0.29) is 0 Å². The largest absolute Gasteiger partial charge is 0.489 e. The zero-order valence-electron chi connectivity index (χ0n) is 10.2. The quantitative estimate of drug-likeness (QED) is 0.660. The van der Waals surface area contributed by atoms with Crippen LogP contribution in [0.1, 0.15) is 5.56 Å². The number of hydrogen-bond donors (Lipinski definition) is 0. The maximum Gasteiger partial charge on any atom is 0.120 e. The fourth-order valence-electron chi connectivity index (χ4n) is 1.91. The zero-order valence-corrected chi connectivity index (χ0v) is 11.8. The molecule has 0 amide bonds. The van der Waals surface area contributed by atoms with Gasteiger partial charge in [-0.3, -0.25) is 0 Å². The van der Waals surface area contributed by atoms with Gasteiger partial charge in [0, 0.05) is 5.39 Å². The molecule has 2 nitrogen and oxygen atoms in total. The van der Waals surface area contributed by atoms with Crippen LogP contribution in [0.2, 0.25) is 0 Å². The molecule has 0 fully saturated rings. The van der Waals surface area contributed by atoms with Gasteiger partial charge in [-0.05, 0) is 51.8 Å². The number of fused-ring (bicyclic) bond motifs is 1. The molecule has 0 unspecified atom stereocenters. The molecule has 94 valence electrons. The van der Waals surface area contributed by atoms with E-state index in [1.54, 1.807) is 0 Å². The average molecular weight is 314 g/mol. The number of nitrogens with zero attached hydrogens (tertiary/aromatic N) is 1. The molecule has 2 aromatic carbocycles. The van der Waals surface area contributed by atoms with Gasteiger partial charge in [-0.2, -0.15) is 0 Å². The molecule has 0 saturated heterocycles. The van der Waals surface area contributed by atoms with E-state index < -0.39 is 0 Å². The molecule has 3 aromatic rings. The van der Waals surface area contributed by atoms with Crippen molar-refractivity contribution in [3.8, 4) is 5.75 Å². The van der Waals surface area contributed by atoms with Crippen molar-refractivity contribution < 1.29 is 4.74 Å². The van der Waals surface area contributed by atoms with Crippen LogP contribution in [0.4, 0.5) is 0 Å². The highest BCUT2D eigenvalue weighted by molar-refractivity contribution is 9.10. The van der Waals surface area contributed by atoms with E-state index in [0.29, 0.717) is 6.61 Å². The van der Waals surface area contributed by atoms with Gasteiger partial charge in [-0.1, -0.05) is 30.3 Å². The maximum atomic E-state index is 5.79. The molecule has 19 heavy (non-hydrogen) atoms. The minimum absolute atomic E-state index is 0.580. The lowest BCUT2D eigenvalue weighted by Crippen LogP contribution is -1.94. The summed E-state index contributed by atoms with van der Waals surface area (Å²) in [7, 11) is 0. The highest BCUT2D eigenvalue weighted by Crippen LogP contribution is 2.22. The first-order valence-electron chi connectivity index (χ1n) is 6.04. The van der Waals surface area contributed by atoms with Gasteiger partial charge in [-0.15, -0.1) is 0 Å². The van der Waals surface area contributed by atoms with E-state index in [2.05, 4.69) is 33.0 Å². The molecular formula is C16H12BrNO. The minimum Gasteiger partial charge on any atom is -0.489 e. The van der Waals surface area contributed by atoms with Crippen molar-refractivity contribution >= 4 is 26.8 Å². The summed E-state index contributed by atoms with van der Waals surface area (Å²) in [4.78, 5) is 4.40. The molecule has 0 saturated carbocycles. The summed E-state index contributed by atoms with van der Waals surface area (Å²) in [6, 6.07) is 20.0. The van der Waals surface area contributed by atoms with E-state index in [4.69, 9.17) is 4.74 Å². The smallest absolute Gasteiger partial charge is 0.120 e. The molecule has 3 heteroatoms. The number of halogens is 1. The van der Waals surface area contributed by atoms with Crippen LogP contribution in [-0.2, 0) is 6.61 Å². The van der Waals surface area contributed by atoms with E-state index in [9.17, 15) is 0 Å². The second-order valence-corrected chi connectivity index (χ2v) is 5.08. The van der Waals surface area contributed by atoms with Crippen molar-refractivity contribution in [3.05, 3.63) is 70.8 Å². The van der Waals surface area contributed by atoms with Crippen LogP contribution in [-0.4, -0.2) is 4.98 Å². The van der Waals surface area contributed by atoms with Crippen molar-refractivity contribution in [3.63, 3.8) is 0 Å². The molecule has 0 radical (unpaired) electrons. The lowest BCUT2D eigenvalue weighted by atomic mass is 10.2. The number of rotatable bonds is 3. The van der Waals surface area contributed by atoms with Crippen LogP contribution in [0.3, 0.4) is 0 Å². The Labute approximate surface area is 120 Å². The summed E-state index contributed by atoms with van der Waals surface area (Å²) < 4.78 is 6.64. The summed E-state index contributed by atoms with van der Waals surface area (Å²) in [6.45, 7) is 0.580. The van der Waals surface area contributed by atoms with Crippen LogP contribution in [0.15, 0.2) is 65.3 Å². The Kier molecular flexibility index (Phi) is 3.47. The van der Waals surface area contributed by atoms with Crippen LogP contribution in [0, 0.1) is 0 Å². The molecular weight excluding hydrogens is 302 g/mol. The number of pyridine rings is 1. The van der Waals surface area contributed by atoms with Crippen molar-refractivity contribution in [1.29, 1.82) is 0 Å². The Morgan fingerprint density at radius 2 is 1.79 bits per heavy atom. The highest BCUT2D eigenvalue weighted by Gasteiger charge is 2.00. The zero-order chi connectivity index (χ0) is 13.1. The number of aromatic nitrogens is 1. The molecule has 1 heterocycles. The Morgan fingerprint density at radius 3 is 2.63 bits per heavy atom. The van der Waals surface area contributed by atoms with Crippen LogP contribution >= 0.6 is 15.9 Å². The third-order valence-electron chi connectivity index (χ3n) is 2.88. The van der Waals surface area contributed by atoms with Crippen molar-refractivity contribution in [2.45, 2.75) is 6.61 Å². The minimum atomic E-state index is 0.580. The van der Waals surface area contributed by atoms with Gasteiger partial charge in [0.2, 0.25) is 0 Å².